The van der Waals surface area contributed by atoms with E-state index in [0.717, 1.165) is 40.3 Å². The van der Waals surface area contributed by atoms with Crippen LogP contribution in [0.4, 0.5) is 4.39 Å². The average Bonchev–Trinajstić information content (AvgIpc) is 3.11. The molecule has 0 atom stereocenters. The van der Waals surface area contributed by atoms with Gasteiger partial charge in [0.25, 0.3) is 5.91 Å². The van der Waals surface area contributed by atoms with Gasteiger partial charge in [-0.1, -0.05) is 11.3 Å². The number of esters is 1. The summed E-state index contributed by atoms with van der Waals surface area (Å²) in [7, 11) is -4.01. The van der Waals surface area contributed by atoms with Crippen molar-refractivity contribution in [2.45, 2.75) is 24.8 Å². The summed E-state index contributed by atoms with van der Waals surface area (Å²) in [6, 6.07) is 7.71. The van der Waals surface area contributed by atoms with E-state index in [-0.39, 0.29) is 29.3 Å². The highest BCUT2D eigenvalue weighted by atomic mass is 32.2. The summed E-state index contributed by atoms with van der Waals surface area (Å²) in [6.45, 7) is 2.90. The zero-order chi connectivity index (χ0) is 24.3. The van der Waals surface area contributed by atoms with E-state index < -0.39 is 33.3 Å². The van der Waals surface area contributed by atoms with Gasteiger partial charge in [0.05, 0.1) is 28.1 Å². The molecule has 34 heavy (non-hydrogen) atoms. The molecule has 2 aromatic carbocycles. The van der Waals surface area contributed by atoms with E-state index in [1.807, 2.05) is 0 Å². The van der Waals surface area contributed by atoms with E-state index in [2.05, 4.69) is 4.99 Å². The van der Waals surface area contributed by atoms with Gasteiger partial charge in [0.15, 0.2) is 26.1 Å². The van der Waals surface area contributed by atoms with Gasteiger partial charge in [-0.25, -0.2) is 12.8 Å². The molecule has 0 N–H and O–H groups in total. The summed E-state index contributed by atoms with van der Waals surface area (Å²) in [4.78, 5) is 28.6. The first-order chi connectivity index (χ1) is 16.3. The maximum absolute atomic E-state index is 13.1. The minimum Gasteiger partial charge on any atom is -0.486 e. The molecule has 9 nitrogen and oxygen atoms in total. The fourth-order valence-corrected chi connectivity index (χ4v) is 5.56. The minimum absolute atomic E-state index is 0.0311. The Morgan fingerprint density at radius 1 is 1.15 bits per heavy atom. The van der Waals surface area contributed by atoms with Crippen molar-refractivity contribution < 1.29 is 36.6 Å². The van der Waals surface area contributed by atoms with Crippen molar-refractivity contribution in [1.29, 1.82) is 0 Å². The molecule has 0 radical (unpaired) electrons. The number of thiazole rings is 1. The fraction of sp³-hybridized carbons (Fsp3) is 0.318. The molecule has 1 aliphatic rings. The third-order valence-corrected chi connectivity index (χ3v) is 7.56. The van der Waals surface area contributed by atoms with Crippen LogP contribution in [0.1, 0.15) is 13.3 Å². The summed E-state index contributed by atoms with van der Waals surface area (Å²) in [6.07, 6.45) is 0.0311. The molecule has 3 aromatic rings. The number of rotatable bonds is 7. The Balaban J connectivity index is 1.70. The number of ether oxygens (including phenoxy) is 3. The molecule has 1 aromatic heterocycles. The third-order valence-electron chi connectivity index (χ3n) is 4.90. The van der Waals surface area contributed by atoms with Crippen LogP contribution >= 0.6 is 11.3 Å². The predicted octanol–water partition coefficient (Wildman–Crippen LogP) is 2.47. The van der Waals surface area contributed by atoms with Gasteiger partial charge < -0.3 is 18.8 Å². The lowest BCUT2D eigenvalue weighted by molar-refractivity contribution is -0.143. The van der Waals surface area contributed by atoms with Crippen molar-refractivity contribution in [3.8, 4) is 11.5 Å². The summed E-state index contributed by atoms with van der Waals surface area (Å²) in [5.74, 6) is -1.69. The van der Waals surface area contributed by atoms with E-state index in [4.69, 9.17) is 14.2 Å². The third kappa shape index (κ3) is 5.28. The molecule has 0 saturated carbocycles. The Morgan fingerprint density at radius 2 is 1.82 bits per heavy atom. The molecule has 0 fully saturated rings. The van der Waals surface area contributed by atoms with Crippen LogP contribution in [-0.2, 0) is 30.7 Å². The zero-order valence-electron chi connectivity index (χ0n) is 18.2. The first kappa shape index (κ1) is 23.9. The van der Waals surface area contributed by atoms with Crippen molar-refractivity contribution in [3.63, 3.8) is 0 Å². The average molecular weight is 509 g/mol. The largest absolute Gasteiger partial charge is 0.486 e. The van der Waals surface area contributed by atoms with Crippen LogP contribution in [-0.4, -0.2) is 50.4 Å². The van der Waals surface area contributed by atoms with Crippen molar-refractivity contribution in [2.75, 3.05) is 25.6 Å². The minimum atomic E-state index is -4.01. The number of carbonyl (C=O) groups excluding carboxylic acids is 2. The van der Waals surface area contributed by atoms with Crippen LogP contribution in [0.25, 0.3) is 10.2 Å². The Labute approximate surface area is 198 Å². The highest BCUT2D eigenvalue weighted by Gasteiger charge is 2.21. The number of hydrogen-bond acceptors (Lipinski definition) is 8. The van der Waals surface area contributed by atoms with Crippen molar-refractivity contribution in [1.82, 2.24) is 4.57 Å². The number of nitrogens with zero attached hydrogens (tertiary/aromatic N) is 2. The van der Waals surface area contributed by atoms with Crippen LogP contribution in [0.3, 0.4) is 0 Å². The number of aryl methyl sites for hydroxylation is 1. The molecule has 2 heterocycles. The van der Waals surface area contributed by atoms with Crippen molar-refractivity contribution in [2.24, 2.45) is 4.99 Å². The normalized spacial score (nSPS) is 13.8. The Bertz CT molecular complexity index is 1410. The maximum atomic E-state index is 13.1. The first-order valence-corrected chi connectivity index (χ1v) is 12.9. The fourth-order valence-electron chi connectivity index (χ4n) is 3.37. The summed E-state index contributed by atoms with van der Waals surface area (Å²) in [5, 5.41) is 0. The molecule has 12 heteroatoms. The number of sulfone groups is 1. The highest BCUT2D eigenvalue weighted by Crippen LogP contribution is 2.35. The predicted molar refractivity (Wildman–Crippen MR) is 121 cm³/mol. The topological polar surface area (TPSA) is 113 Å². The van der Waals surface area contributed by atoms with Crippen LogP contribution in [0.5, 0.6) is 11.5 Å². The SMILES string of the molecule is CCOC(=O)CCn1c(=NC(=O)CS(=O)(=O)c2ccc(F)cc2)sc2cc3c(cc21)OCCO3. The second kappa shape index (κ2) is 9.94. The molecule has 0 unspecified atom stereocenters. The smallest absolute Gasteiger partial charge is 0.307 e. The van der Waals surface area contributed by atoms with E-state index in [1.54, 1.807) is 23.6 Å². The Kier molecular flexibility index (Phi) is 6.98. The van der Waals surface area contributed by atoms with Crippen LogP contribution in [0, 0.1) is 5.82 Å². The Morgan fingerprint density at radius 3 is 2.50 bits per heavy atom. The lowest BCUT2D eigenvalue weighted by atomic mass is 10.2. The van der Waals surface area contributed by atoms with Gasteiger partial charge in [-0.3, -0.25) is 9.59 Å². The van der Waals surface area contributed by atoms with Crippen molar-refractivity contribution >= 4 is 43.3 Å². The number of aromatic nitrogens is 1. The maximum Gasteiger partial charge on any atom is 0.307 e. The lowest BCUT2D eigenvalue weighted by Gasteiger charge is -2.18. The molecule has 0 aliphatic carbocycles. The monoisotopic (exact) mass is 508 g/mol. The molecule has 0 bridgehead atoms. The van der Waals surface area contributed by atoms with E-state index in [1.165, 1.54) is 0 Å². The van der Waals surface area contributed by atoms with Crippen LogP contribution < -0.4 is 14.3 Å². The van der Waals surface area contributed by atoms with Crippen LogP contribution in [0.2, 0.25) is 0 Å². The van der Waals surface area contributed by atoms with E-state index in [9.17, 15) is 22.4 Å². The first-order valence-electron chi connectivity index (χ1n) is 10.4. The molecule has 0 spiro atoms. The second-order valence-corrected chi connectivity index (χ2v) is 10.3. The summed E-state index contributed by atoms with van der Waals surface area (Å²) in [5.41, 5.74) is 0.659. The summed E-state index contributed by atoms with van der Waals surface area (Å²) >= 11 is 1.16. The van der Waals surface area contributed by atoms with Gasteiger partial charge in [0.2, 0.25) is 0 Å². The number of hydrogen-bond donors (Lipinski definition) is 0. The van der Waals surface area contributed by atoms with Gasteiger partial charge in [-0.15, -0.1) is 0 Å². The van der Waals surface area contributed by atoms with Gasteiger partial charge in [-0.2, -0.15) is 4.99 Å². The Hall–Kier alpha value is -3.25. The second-order valence-electron chi connectivity index (χ2n) is 7.27. The molecular formula is C22H21FN2O7S2. The molecule has 0 saturated heterocycles. The number of halogens is 1. The van der Waals surface area contributed by atoms with Gasteiger partial charge >= 0.3 is 5.97 Å². The number of carbonyl (C=O) groups is 2. The lowest BCUT2D eigenvalue weighted by Crippen LogP contribution is -2.22. The van der Waals surface area contributed by atoms with Gasteiger partial charge in [0, 0.05) is 18.7 Å². The zero-order valence-corrected chi connectivity index (χ0v) is 19.8. The molecule has 1 aliphatic heterocycles. The molecule has 4 rings (SSSR count). The highest BCUT2D eigenvalue weighted by molar-refractivity contribution is 7.92. The number of amides is 1. The van der Waals surface area contributed by atoms with E-state index >= 15 is 0 Å². The quantitative estimate of drug-likeness (QED) is 0.356. The molecular weight excluding hydrogens is 487 g/mol. The standard InChI is InChI=1S/C22H21FN2O7S2/c1-2-30-21(27)7-8-25-16-11-17-18(32-10-9-31-17)12-19(16)33-22(25)24-20(26)13-34(28,29)15-5-3-14(23)4-6-15/h3-6,11-12H,2,7-10,13H2,1H3. The van der Waals surface area contributed by atoms with Gasteiger partial charge in [-0.05, 0) is 31.2 Å². The van der Waals surface area contributed by atoms with Crippen LogP contribution in [0.15, 0.2) is 46.3 Å². The molecule has 180 valence electrons. The number of benzene rings is 2. The van der Waals surface area contributed by atoms with E-state index in [0.29, 0.717) is 30.2 Å². The van der Waals surface area contributed by atoms with Gasteiger partial charge in [0.1, 0.15) is 24.8 Å². The van der Waals surface area contributed by atoms with Crippen molar-refractivity contribution in [3.05, 3.63) is 47.0 Å². The number of fused-ring (bicyclic) bond motifs is 2. The molecule has 1 amide bonds. The summed E-state index contributed by atoms with van der Waals surface area (Å²) < 4.78 is 56.9.